The van der Waals surface area contributed by atoms with Gasteiger partial charge in [-0.3, -0.25) is 13.6 Å². The zero-order chi connectivity index (χ0) is 15.8. The van der Waals surface area contributed by atoms with Crippen LogP contribution in [0.2, 0.25) is 0 Å². The molecule has 1 aromatic carbocycles. The summed E-state index contributed by atoms with van der Waals surface area (Å²) in [6.07, 6.45) is 8.43. The predicted molar refractivity (Wildman–Crippen MR) is 88.2 cm³/mol. The van der Waals surface area contributed by atoms with Gasteiger partial charge in [0.25, 0.3) is 0 Å². The monoisotopic (exact) mass is 326 g/mol. The molecule has 4 nitrogen and oxygen atoms in total. The zero-order valence-electron chi connectivity index (χ0n) is 13.6. The highest BCUT2D eigenvalue weighted by atomic mass is 31.2. The SMILES string of the molecule is COP(=O)(OC)OCCCc1cccc(C2CCCCC2)c1. The summed E-state index contributed by atoms with van der Waals surface area (Å²) in [6, 6.07) is 8.87. The molecule has 0 spiro atoms. The van der Waals surface area contributed by atoms with Crippen molar-refractivity contribution in [3.8, 4) is 0 Å². The van der Waals surface area contributed by atoms with E-state index in [4.69, 9.17) is 13.6 Å². The molecule has 0 aliphatic heterocycles. The molecule has 0 saturated heterocycles. The largest absolute Gasteiger partial charge is 0.474 e. The minimum atomic E-state index is -3.33. The number of hydrogen-bond acceptors (Lipinski definition) is 4. The molecule has 2 rings (SSSR count). The average molecular weight is 326 g/mol. The Morgan fingerprint density at radius 1 is 1.14 bits per heavy atom. The molecule has 1 aromatic rings. The van der Waals surface area contributed by atoms with Crippen molar-refractivity contribution in [1.82, 2.24) is 0 Å². The van der Waals surface area contributed by atoms with E-state index in [1.54, 1.807) is 0 Å². The van der Waals surface area contributed by atoms with Gasteiger partial charge in [-0.25, -0.2) is 4.57 Å². The van der Waals surface area contributed by atoms with Gasteiger partial charge < -0.3 is 0 Å². The molecule has 1 aliphatic rings. The molecule has 1 fully saturated rings. The smallest absolute Gasteiger partial charge is 0.290 e. The maximum absolute atomic E-state index is 11.8. The summed E-state index contributed by atoms with van der Waals surface area (Å²) in [5.74, 6) is 0.729. The third kappa shape index (κ3) is 5.20. The van der Waals surface area contributed by atoms with Crippen molar-refractivity contribution < 1.29 is 18.1 Å². The van der Waals surface area contributed by atoms with Crippen molar-refractivity contribution in [2.24, 2.45) is 0 Å². The minimum absolute atomic E-state index is 0.368. The highest BCUT2D eigenvalue weighted by Gasteiger charge is 2.22. The molecular weight excluding hydrogens is 299 g/mol. The second kappa shape index (κ2) is 8.83. The molecule has 5 heteroatoms. The number of benzene rings is 1. The molecule has 0 heterocycles. The van der Waals surface area contributed by atoms with Crippen LogP contribution in [0.3, 0.4) is 0 Å². The van der Waals surface area contributed by atoms with Gasteiger partial charge in [-0.05, 0) is 42.7 Å². The van der Waals surface area contributed by atoms with Crippen molar-refractivity contribution in [1.29, 1.82) is 0 Å². The summed E-state index contributed by atoms with van der Waals surface area (Å²) in [7, 11) is -0.671. The molecule has 0 atom stereocenters. The maximum atomic E-state index is 11.8. The Labute approximate surface area is 133 Å². The van der Waals surface area contributed by atoms with Crippen LogP contribution in [-0.4, -0.2) is 20.8 Å². The van der Waals surface area contributed by atoms with E-state index >= 15 is 0 Å². The fraction of sp³-hybridized carbons (Fsp3) is 0.647. The fourth-order valence-corrected chi connectivity index (χ4v) is 3.78. The first kappa shape index (κ1) is 17.7. The van der Waals surface area contributed by atoms with Crippen LogP contribution < -0.4 is 0 Å². The molecule has 1 aliphatic carbocycles. The van der Waals surface area contributed by atoms with Crippen LogP contribution in [0.4, 0.5) is 0 Å². The molecule has 0 bridgehead atoms. The molecule has 0 aromatic heterocycles. The lowest BCUT2D eigenvalue weighted by Crippen LogP contribution is -2.05. The molecule has 0 amide bonds. The van der Waals surface area contributed by atoms with Gasteiger partial charge in [0.2, 0.25) is 0 Å². The van der Waals surface area contributed by atoms with Gasteiger partial charge in [0.15, 0.2) is 0 Å². The first-order chi connectivity index (χ1) is 10.7. The van der Waals surface area contributed by atoms with Gasteiger partial charge >= 0.3 is 7.82 Å². The topological polar surface area (TPSA) is 44.8 Å². The van der Waals surface area contributed by atoms with Crippen LogP contribution >= 0.6 is 7.82 Å². The normalized spacial score (nSPS) is 16.8. The van der Waals surface area contributed by atoms with Crippen LogP contribution in [0, 0.1) is 0 Å². The van der Waals surface area contributed by atoms with E-state index in [0.29, 0.717) is 6.61 Å². The average Bonchev–Trinajstić information content (AvgIpc) is 2.59. The molecule has 0 radical (unpaired) electrons. The van der Waals surface area contributed by atoms with Gasteiger partial charge in [0.1, 0.15) is 0 Å². The second-order valence-electron chi connectivity index (χ2n) is 5.83. The number of aryl methyl sites for hydroxylation is 1. The minimum Gasteiger partial charge on any atom is -0.290 e. The van der Waals surface area contributed by atoms with Crippen LogP contribution in [0.5, 0.6) is 0 Å². The lowest BCUT2D eigenvalue weighted by molar-refractivity contribution is 0.151. The van der Waals surface area contributed by atoms with Gasteiger partial charge in [0.05, 0.1) is 6.61 Å². The number of phosphoric ester groups is 1. The number of phosphoric acid groups is 1. The standard InChI is InChI=1S/C17H27O4P/c1-19-22(18,20-2)21-13-7-9-15-8-6-12-17(14-15)16-10-4-3-5-11-16/h6,8,12,14,16H,3-5,7,9-11,13H2,1-2H3. The van der Waals surface area contributed by atoms with Crippen molar-refractivity contribution in [2.45, 2.75) is 50.9 Å². The Balaban J connectivity index is 1.82. The van der Waals surface area contributed by atoms with Gasteiger partial charge in [-0.1, -0.05) is 43.5 Å². The summed E-state index contributed by atoms with van der Waals surface area (Å²) < 4.78 is 26.5. The Hall–Kier alpha value is -0.670. The van der Waals surface area contributed by atoms with E-state index in [-0.39, 0.29) is 0 Å². The molecule has 124 valence electrons. The summed E-state index contributed by atoms with van der Waals surface area (Å²) in [5, 5.41) is 0. The number of hydrogen-bond donors (Lipinski definition) is 0. The Morgan fingerprint density at radius 3 is 2.55 bits per heavy atom. The van der Waals surface area contributed by atoms with Gasteiger partial charge in [-0.15, -0.1) is 0 Å². The highest BCUT2D eigenvalue weighted by Crippen LogP contribution is 2.47. The van der Waals surface area contributed by atoms with Crippen molar-refractivity contribution in [2.75, 3.05) is 20.8 Å². The number of rotatable bonds is 8. The van der Waals surface area contributed by atoms with E-state index in [1.807, 2.05) is 0 Å². The van der Waals surface area contributed by atoms with Crippen LogP contribution in [0.25, 0.3) is 0 Å². The molecular formula is C17H27O4P. The molecule has 0 unspecified atom stereocenters. The fourth-order valence-electron chi connectivity index (χ4n) is 3.07. The Bertz CT molecular complexity index is 489. The first-order valence-corrected chi connectivity index (χ1v) is 9.58. The lowest BCUT2D eigenvalue weighted by Gasteiger charge is -2.22. The van der Waals surface area contributed by atoms with E-state index in [2.05, 4.69) is 24.3 Å². The third-order valence-corrected chi connectivity index (χ3v) is 5.73. The third-order valence-electron chi connectivity index (χ3n) is 4.33. The Morgan fingerprint density at radius 2 is 1.86 bits per heavy atom. The second-order valence-corrected chi connectivity index (χ2v) is 7.71. The molecule has 0 N–H and O–H groups in total. The first-order valence-electron chi connectivity index (χ1n) is 8.12. The Kier molecular flexibility index (Phi) is 7.10. The summed E-state index contributed by atoms with van der Waals surface area (Å²) in [4.78, 5) is 0. The van der Waals surface area contributed by atoms with E-state index in [9.17, 15) is 4.57 Å². The summed E-state index contributed by atoms with van der Waals surface area (Å²) >= 11 is 0. The zero-order valence-corrected chi connectivity index (χ0v) is 14.5. The van der Waals surface area contributed by atoms with Crippen LogP contribution in [0.15, 0.2) is 24.3 Å². The van der Waals surface area contributed by atoms with E-state index < -0.39 is 7.82 Å². The summed E-state index contributed by atoms with van der Waals surface area (Å²) in [6.45, 7) is 0.368. The van der Waals surface area contributed by atoms with Crippen molar-refractivity contribution >= 4 is 7.82 Å². The van der Waals surface area contributed by atoms with Crippen LogP contribution in [0.1, 0.15) is 55.6 Å². The quantitative estimate of drug-likeness (QED) is 0.493. The molecule has 22 heavy (non-hydrogen) atoms. The van der Waals surface area contributed by atoms with Crippen molar-refractivity contribution in [3.63, 3.8) is 0 Å². The van der Waals surface area contributed by atoms with Gasteiger partial charge in [0, 0.05) is 14.2 Å². The lowest BCUT2D eigenvalue weighted by atomic mass is 9.83. The molecule has 1 saturated carbocycles. The highest BCUT2D eigenvalue weighted by molar-refractivity contribution is 7.48. The maximum Gasteiger partial charge on any atom is 0.474 e. The van der Waals surface area contributed by atoms with Crippen LogP contribution in [-0.2, 0) is 24.6 Å². The van der Waals surface area contributed by atoms with E-state index in [0.717, 1.165) is 18.8 Å². The van der Waals surface area contributed by atoms with Gasteiger partial charge in [-0.2, -0.15) is 0 Å². The summed E-state index contributed by atoms with van der Waals surface area (Å²) in [5.41, 5.74) is 2.79. The van der Waals surface area contributed by atoms with Crippen molar-refractivity contribution in [3.05, 3.63) is 35.4 Å². The van der Waals surface area contributed by atoms with E-state index in [1.165, 1.54) is 57.5 Å². The predicted octanol–water partition coefficient (Wildman–Crippen LogP) is 5.08.